The summed E-state index contributed by atoms with van der Waals surface area (Å²) in [7, 11) is 0. The summed E-state index contributed by atoms with van der Waals surface area (Å²) in [5.41, 5.74) is 10.2. The van der Waals surface area contributed by atoms with E-state index in [-0.39, 0.29) is 29.9 Å². The van der Waals surface area contributed by atoms with E-state index in [9.17, 15) is 9.90 Å². The fourth-order valence-corrected chi connectivity index (χ4v) is 4.13. The molecule has 0 bridgehead atoms. The summed E-state index contributed by atoms with van der Waals surface area (Å²) in [6, 6.07) is 6.38. The minimum absolute atomic E-state index is 0.0247. The van der Waals surface area contributed by atoms with Gasteiger partial charge in [0.15, 0.2) is 0 Å². The van der Waals surface area contributed by atoms with Crippen LogP contribution >= 0.6 is 0 Å². The quantitative estimate of drug-likeness (QED) is 0.539. The third-order valence-electron chi connectivity index (χ3n) is 5.66. The summed E-state index contributed by atoms with van der Waals surface area (Å²) in [5, 5.41) is 12.9. The first kappa shape index (κ1) is 16.0. The predicted molar refractivity (Wildman–Crippen MR) is 88.2 cm³/mol. The Morgan fingerprint density at radius 2 is 2.04 bits per heavy atom. The van der Waals surface area contributed by atoms with Crippen molar-refractivity contribution in [2.24, 2.45) is 11.8 Å². The Morgan fingerprint density at radius 3 is 2.79 bits per heavy atom. The van der Waals surface area contributed by atoms with E-state index in [2.05, 4.69) is 26.7 Å². The number of carbonyl (C=O) groups excluding carboxylic acids is 1. The molecule has 2 aliphatic carbocycles. The lowest BCUT2D eigenvalue weighted by Gasteiger charge is -2.39. The molecular weight excluding hydrogens is 306 g/mol. The molecule has 2 heterocycles. The monoisotopic (exact) mass is 331 g/mol. The van der Waals surface area contributed by atoms with E-state index >= 15 is 0 Å². The van der Waals surface area contributed by atoms with Gasteiger partial charge in [-0.3, -0.25) is 9.78 Å². The van der Waals surface area contributed by atoms with E-state index in [0.717, 1.165) is 37.8 Å². The number of aliphatic hydroxyl groups excluding tert-OH is 1. The molecular formula is C17H25N5O2. The molecule has 4 unspecified atom stereocenters. The fraction of sp³-hybridized carbons (Fsp3) is 0.647. The molecule has 1 aliphatic heterocycles. The van der Waals surface area contributed by atoms with Crippen molar-refractivity contribution in [3.63, 3.8) is 0 Å². The van der Waals surface area contributed by atoms with Gasteiger partial charge < -0.3 is 10.4 Å². The lowest BCUT2D eigenvalue weighted by molar-refractivity contribution is -0.128. The number of rotatable bonds is 4. The van der Waals surface area contributed by atoms with Crippen molar-refractivity contribution in [1.29, 1.82) is 0 Å². The number of aliphatic hydroxyl groups is 1. The minimum Gasteiger partial charge on any atom is -0.393 e. The third kappa shape index (κ3) is 3.17. The van der Waals surface area contributed by atoms with Crippen LogP contribution in [0.15, 0.2) is 24.4 Å². The normalized spacial score (nSPS) is 36.5. The van der Waals surface area contributed by atoms with Crippen LogP contribution in [0, 0.1) is 11.8 Å². The van der Waals surface area contributed by atoms with Crippen LogP contribution < -0.4 is 21.7 Å². The molecule has 1 saturated heterocycles. The first-order valence-corrected chi connectivity index (χ1v) is 8.86. The minimum atomic E-state index is -0.242. The Hall–Kier alpha value is -1.54. The van der Waals surface area contributed by atoms with Crippen molar-refractivity contribution in [2.45, 2.75) is 56.3 Å². The van der Waals surface area contributed by atoms with Crippen LogP contribution in [0.2, 0.25) is 0 Å². The van der Waals surface area contributed by atoms with Crippen LogP contribution in [-0.4, -0.2) is 34.2 Å². The molecule has 0 spiro atoms. The molecule has 1 aromatic heterocycles. The smallest absolute Gasteiger partial charge is 0.223 e. The highest BCUT2D eigenvalue weighted by Crippen LogP contribution is 2.38. The van der Waals surface area contributed by atoms with Gasteiger partial charge in [0.1, 0.15) is 0 Å². The van der Waals surface area contributed by atoms with Crippen molar-refractivity contribution >= 4 is 5.91 Å². The van der Waals surface area contributed by atoms with E-state index in [0.29, 0.717) is 12.1 Å². The number of carbonyl (C=O) groups is 1. The van der Waals surface area contributed by atoms with E-state index < -0.39 is 0 Å². The number of aromatic nitrogens is 1. The van der Waals surface area contributed by atoms with E-state index in [1.54, 1.807) is 6.20 Å². The number of fused-ring (bicyclic) bond motifs is 1. The van der Waals surface area contributed by atoms with Gasteiger partial charge in [-0.2, -0.15) is 5.53 Å². The van der Waals surface area contributed by atoms with Gasteiger partial charge in [0.05, 0.1) is 17.8 Å². The van der Waals surface area contributed by atoms with Crippen LogP contribution in [0.3, 0.4) is 0 Å². The predicted octanol–water partition coefficient (Wildman–Crippen LogP) is 0.160. The molecule has 7 heteroatoms. The van der Waals surface area contributed by atoms with E-state index in [1.165, 1.54) is 0 Å². The van der Waals surface area contributed by atoms with Crippen molar-refractivity contribution < 1.29 is 9.90 Å². The first-order chi connectivity index (χ1) is 11.7. The highest BCUT2D eigenvalue weighted by Gasteiger charge is 2.40. The number of hydrazine groups is 2. The number of hydrogen-bond donors (Lipinski definition) is 5. The average Bonchev–Trinajstić information content (AvgIpc) is 3.05. The Kier molecular flexibility index (Phi) is 4.49. The highest BCUT2D eigenvalue weighted by molar-refractivity contribution is 5.79. The molecule has 0 aromatic carbocycles. The molecule has 4 atom stereocenters. The van der Waals surface area contributed by atoms with Crippen molar-refractivity contribution in [1.82, 2.24) is 26.7 Å². The van der Waals surface area contributed by atoms with Crippen LogP contribution in [0.5, 0.6) is 0 Å². The van der Waals surface area contributed by atoms with Gasteiger partial charge in [-0.15, -0.1) is 0 Å². The zero-order valence-corrected chi connectivity index (χ0v) is 13.6. The van der Waals surface area contributed by atoms with Gasteiger partial charge >= 0.3 is 0 Å². The number of nitrogens with zero attached hydrogens (tertiary/aromatic N) is 1. The molecule has 5 N–H and O–H groups in total. The maximum atomic E-state index is 12.8. The van der Waals surface area contributed by atoms with Crippen molar-refractivity contribution in [3.05, 3.63) is 30.1 Å². The van der Waals surface area contributed by atoms with Crippen molar-refractivity contribution in [3.8, 4) is 0 Å². The number of hydrogen-bond acceptors (Lipinski definition) is 6. The Bertz CT molecular complexity index is 578. The fourth-order valence-electron chi connectivity index (χ4n) is 4.13. The van der Waals surface area contributed by atoms with Crippen LogP contribution in [0.25, 0.3) is 0 Å². The molecule has 7 nitrogen and oxygen atoms in total. The van der Waals surface area contributed by atoms with Crippen molar-refractivity contribution in [2.75, 3.05) is 0 Å². The average molecular weight is 331 g/mol. The standard InChI is InChI=1S/C17H25N5O2/c23-12-7-11(8-12)16(14-3-1-2-6-18-14)19-17(24)10-4-5-13-15(9-10)21-22-20-13/h1-3,6,10-13,15-16,20-23H,4-5,7-9H2,(H,19,24). The Morgan fingerprint density at radius 1 is 1.21 bits per heavy atom. The summed E-state index contributed by atoms with van der Waals surface area (Å²) < 4.78 is 0. The molecule has 2 saturated carbocycles. The summed E-state index contributed by atoms with van der Waals surface area (Å²) >= 11 is 0. The summed E-state index contributed by atoms with van der Waals surface area (Å²) in [5.74, 6) is 0.402. The Balaban J connectivity index is 1.43. The van der Waals surface area contributed by atoms with Gasteiger partial charge in [0.25, 0.3) is 0 Å². The third-order valence-corrected chi connectivity index (χ3v) is 5.66. The Labute approximate surface area is 141 Å². The van der Waals surface area contributed by atoms with E-state index in [4.69, 9.17) is 0 Å². The second kappa shape index (κ2) is 6.76. The zero-order valence-electron chi connectivity index (χ0n) is 13.6. The van der Waals surface area contributed by atoms with Gasteiger partial charge in [0, 0.05) is 24.2 Å². The maximum Gasteiger partial charge on any atom is 0.223 e. The van der Waals surface area contributed by atoms with Crippen LogP contribution in [0.4, 0.5) is 0 Å². The van der Waals surface area contributed by atoms with Gasteiger partial charge in [-0.25, -0.2) is 10.9 Å². The maximum absolute atomic E-state index is 12.8. The second-order valence-electron chi connectivity index (χ2n) is 7.26. The summed E-state index contributed by atoms with van der Waals surface area (Å²) in [6.45, 7) is 0. The second-order valence-corrected chi connectivity index (χ2v) is 7.26. The zero-order chi connectivity index (χ0) is 16.5. The number of nitrogens with one attached hydrogen (secondary N) is 4. The molecule has 3 aliphatic rings. The topological polar surface area (TPSA) is 98.3 Å². The molecule has 1 aromatic rings. The SMILES string of the molecule is O=C(NC(c1ccccn1)C1CC(O)C1)C1CCC2NNNC2C1. The van der Waals surface area contributed by atoms with Gasteiger partial charge in [-0.05, 0) is 50.2 Å². The van der Waals surface area contributed by atoms with Gasteiger partial charge in [-0.1, -0.05) is 6.07 Å². The number of amides is 1. The van der Waals surface area contributed by atoms with Crippen LogP contribution in [0.1, 0.15) is 43.8 Å². The molecule has 4 rings (SSSR count). The van der Waals surface area contributed by atoms with E-state index in [1.807, 2.05) is 18.2 Å². The number of pyridine rings is 1. The first-order valence-electron chi connectivity index (χ1n) is 8.86. The largest absolute Gasteiger partial charge is 0.393 e. The molecule has 3 fully saturated rings. The summed E-state index contributed by atoms with van der Waals surface area (Å²) in [4.78, 5) is 17.3. The highest BCUT2D eigenvalue weighted by atomic mass is 16.3. The molecule has 1 amide bonds. The lowest BCUT2D eigenvalue weighted by Crippen LogP contribution is -2.47. The molecule has 24 heavy (non-hydrogen) atoms. The molecule has 0 radical (unpaired) electrons. The van der Waals surface area contributed by atoms with Gasteiger partial charge in [0.2, 0.25) is 5.91 Å². The molecule has 130 valence electrons. The van der Waals surface area contributed by atoms with Crippen LogP contribution in [-0.2, 0) is 4.79 Å². The summed E-state index contributed by atoms with van der Waals surface area (Å²) in [6.07, 6.45) is 5.68. The lowest BCUT2D eigenvalue weighted by atomic mass is 9.75.